The lowest BCUT2D eigenvalue weighted by Crippen LogP contribution is -2.39. The summed E-state index contributed by atoms with van der Waals surface area (Å²) in [5, 5.41) is 3.97. The average Bonchev–Trinajstić information content (AvgIpc) is 2.73. The molecule has 0 spiro atoms. The van der Waals surface area contributed by atoms with E-state index in [1.807, 2.05) is 43.3 Å². The molecule has 0 radical (unpaired) electrons. The van der Waals surface area contributed by atoms with Gasteiger partial charge in [0, 0.05) is 18.8 Å². The van der Waals surface area contributed by atoms with Crippen molar-refractivity contribution < 1.29 is 13.2 Å². The summed E-state index contributed by atoms with van der Waals surface area (Å²) in [6.45, 7) is 7.67. The van der Waals surface area contributed by atoms with Gasteiger partial charge in [-0.1, -0.05) is 37.3 Å². The Labute approximate surface area is 179 Å². The largest absolute Gasteiger partial charge is 0.372 e. The van der Waals surface area contributed by atoms with Gasteiger partial charge in [0.1, 0.15) is 6.54 Å². The zero-order chi connectivity index (χ0) is 22.1. The predicted octanol–water partition coefficient (Wildman–Crippen LogP) is 3.01. The lowest BCUT2D eigenvalue weighted by atomic mass is 10.1. The third kappa shape index (κ3) is 6.32. The zero-order valence-corrected chi connectivity index (χ0v) is 18.8. The first kappa shape index (κ1) is 23.4. The number of anilines is 2. The van der Waals surface area contributed by atoms with Crippen LogP contribution >= 0.6 is 0 Å². The Bertz CT molecular complexity index is 968. The molecule has 0 bridgehead atoms. The summed E-state index contributed by atoms with van der Waals surface area (Å²) in [7, 11) is -3.62. The second-order valence-electron chi connectivity index (χ2n) is 6.81. The van der Waals surface area contributed by atoms with E-state index >= 15 is 0 Å². The Hall–Kier alpha value is -2.87. The van der Waals surface area contributed by atoms with Crippen LogP contribution in [0.15, 0.2) is 53.6 Å². The molecule has 2 aromatic rings. The summed E-state index contributed by atoms with van der Waals surface area (Å²) < 4.78 is 25.6. The highest BCUT2D eigenvalue weighted by Crippen LogP contribution is 2.23. The maximum atomic E-state index is 12.3. The molecule has 1 amide bonds. The molecule has 0 saturated heterocycles. The highest BCUT2D eigenvalue weighted by Gasteiger charge is 2.22. The summed E-state index contributed by atoms with van der Waals surface area (Å²) in [4.78, 5) is 14.6. The van der Waals surface area contributed by atoms with Crippen molar-refractivity contribution in [2.75, 3.05) is 35.1 Å². The highest BCUT2D eigenvalue weighted by molar-refractivity contribution is 7.92. The van der Waals surface area contributed by atoms with Crippen LogP contribution in [-0.4, -0.2) is 46.4 Å². The van der Waals surface area contributed by atoms with Gasteiger partial charge in [-0.05, 0) is 49.6 Å². The summed E-state index contributed by atoms with van der Waals surface area (Å²) in [5.74, 6) is -0.512. The molecule has 30 heavy (non-hydrogen) atoms. The number of hydrogen-bond acceptors (Lipinski definition) is 5. The molecule has 8 heteroatoms. The SMILES string of the molecule is CCc1ccccc1N(CC(=O)N/N=C\c1ccc(N(CC)CC)cc1)S(C)(=O)=O. The molecule has 0 saturated carbocycles. The molecule has 0 aliphatic rings. The summed E-state index contributed by atoms with van der Waals surface area (Å²) in [6, 6.07) is 15.0. The summed E-state index contributed by atoms with van der Waals surface area (Å²) >= 11 is 0. The fraction of sp³-hybridized carbons (Fsp3) is 0.364. The van der Waals surface area contributed by atoms with E-state index in [9.17, 15) is 13.2 Å². The minimum Gasteiger partial charge on any atom is -0.372 e. The molecule has 0 heterocycles. The number of carbonyl (C=O) groups is 1. The van der Waals surface area contributed by atoms with E-state index < -0.39 is 15.9 Å². The van der Waals surface area contributed by atoms with Gasteiger partial charge in [-0.2, -0.15) is 5.10 Å². The smallest absolute Gasteiger partial charge is 0.260 e. The quantitative estimate of drug-likeness (QED) is 0.464. The molecule has 0 aliphatic carbocycles. The number of nitrogens with one attached hydrogen (secondary N) is 1. The molecule has 0 fully saturated rings. The van der Waals surface area contributed by atoms with Gasteiger partial charge in [0.25, 0.3) is 5.91 Å². The topological polar surface area (TPSA) is 82.1 Å². The van der Waals surface area contributed by atoms with Crippen LogP contribution in [0, 0.1) is 0 Å². The van der Waals surface area contributed by atoms with Crippen LogP contribution < -0.4 is 14.6 Å². The van der Waals surface area contributed by atoms with Gasteiger partial charge in [-0.25, -0.2) is 13.8 Å². The normalized spacial score (nSPS) is 11.5. The first-order chi connectivity index (χ1) is 14.3. The van der Waals surface area contributed by atoms with Crippen molar-refractivity contribution in [1.82, 2.24) is 5.43 Å². The molecular weight excluding hydrogens is 400 g/mol. The van der Waals surface area contributed by atoms with Gasteiger partial charge in [0.05, 0.1) is 18.2 Å². The Balaban J connectivity index is 2.06. The van der Waals surface area contributed by atoms with Gasteiger partial charge < -0.3 is 4.90 Å². The van der Waals surface area contributed by atoms with E-state index in [0.717, 1.165) is 40.5 Å². The Morgan fingerprint density at radius 2 is 1.67 bits per heavy atom. The minimum atomic E-state index is -3.62. The molecule has 162 valence electrons. The van der Waals surface area contributed by atoms with Crippen molar-refractivity contribution in [2.24, 2.45) is 5.10 Å². The van der Waals surface area contributed by atoms with Crippen molar-refractivity contribution in [3.05, 3.63) is 59.7 Å². The third-order valence-corrected chi connectivity index (χ3v) is 5.88. The van der Waals surface area contributed by atoms with Crippen LogP contribution in [0.5, 0.6) is 0 Å². The Morgan fingerprint density at radius 1 is 1.03 bits per heavy atom. The van der Waals surface area contributed by atoms with Crippen LogP contribution in [0.2, 0.25) is 0 Å². The van der Waals surface area contributed by atoms with E-state index in [1.54, 1.807) is 12.1 Å². The van der Waals surface area contributed by atoms with Crippen LogP contribution in [0.1, 0.15) is 31.9 Å². The number of aryl methyl sites for hydroxylation is 1. The number of hydrogen-bond donors (Lipinski definition) is 1. The summed E-state index contributed by atoms with van der Waals surface area (Å²) in [6.07, 6.45) is 3.29. The van der Waals surface area contributed by atoms with Crippen molar-refractivity contribution in [3.63, 3.8) is 0 Å². The Kier molecular flexibility index (Phi) is 8.41. The number of carbonyl (C=O) groups excluding carboxylic acids is 1. The molecule has 0 unspecified atom stereocenters. The van der Waals surface area contributed by atoms with E-state index in [0.29, 0.717) is 12.1 Å². The fourth-order valence-electron chi connectivity index (χ4n) is 3.14. The predicted molar refractivity (Wildman–Crippen MR) is 124 cm³/mol. The van der Waals surface area contributed by atoms with Crippen LogP contribution in [0.3, 0.4) is 0 Å². The maximum Gasteiger partial charge on any atom is 0.260 e. The second kappa shape index (κ2) is 10.8. The van der Waals surface area contributed by atoms with Gasteiger partial charge in [-0.15, -0.1) is 0 Å². The average molecular weight is 431 g/mol. The van der Waals surface area contributed by atoms with E-state index in [1.165, 1.54) is 6.21 Å². The van der Waals surface area contributed by atoms with E-state index in [2.05, 4.69) is 29.3 Å². The lowest BCUT2D eigenvalue weighted by molar-refractivity contribution is -0.119. The number of amides is 1. The molecule has 1 N–H and O–H groups in total. The molecule has 0 aromatic heterocycles. The standard InChI is InChI=1S/C22H30N4O3S/c1-5-19-10-8-9-11-21(19)26(30(4,28)29)17-22(27)24-23-16-18-12-14-20(15-13-18)25(6-2)7-3/h8-16H,5-7,17H2,1-4H3,(H,24,27)/b23-16-. The molecular formula is C22H30N4O3S. The zero-order valence-electron chi connectivity index (χ0n) is 18.0. The van der Waals surface area contributed by atoms with Crippen molar-refractivity contribution in [2.45, 2.75) is 27.2 Å². The van der Waals surface area contributed by atoms with Crippen molar-refractivity contribution in [1.29, 1.82) is 0 Å². The number of nitrogens with zero attached hydrogens (tertiary/aromatic N) is 3. The second-order valence-corrected chi connectivity index (χ2v) is 8.72. The van der Waals surface area contributed by atoms with E-state index in [4.69, 9.17) is 0 Å². The van der Waals surface area contributed by atoms with Crippen LogP contribution in [0.25, 0.3) is 0 Å². The minimum absolute atomic E-state index is 0.339. The van der Waals surface area contributed by atoms with Crippen LogP contribution in [0.4, 0.5) is 11.4 Å². The molecule has 2 rings (SSSR count). The monoisotopic (exact) mass is 430 g/mol. The first-order valence-electron chi connectivity index (χ1n) is 10.0. The summed E-state index contributed by atoms with van der Waals surface area (Å²) in [5.41, 5.74) is 5.74. The number of para-hydroxylation sites is 1. The van der Waals surface area contributed by atoms with E-state index in [-0.39, 0.29) is 6.54 Å². The lowest BCUT2D eigenvalue weighted by Gasteiger charge is -2.23. The Morgan fingerprint density at radius 3 is 2.23 bits per heavy atom. The molecule has 2 aromatic carbocycles. The van der Waals surface area contributed by atoms with Gasteiger partial charge in [0.15, 0.2) is 0 Å². The number of hydrazone groups is 1. The van der Waals surface area contributed by atoms with Gasteiger partial charge in [0.2, 0.25) is 10.0 Å². The van der Waals surface area contributed by atoms with Crippen LogP contribution in [-0.2, 0) is 21.2 Å². The van der Waals surface area contributed by atoms with Crippen molar-refractivity contribution >= 4 is 33.5 Å². The first-order valence-corrected chi connectivity index (χ1v) is 11.9. The number of rotatable bonds is 10. The molecule has 7 nitrogen and oxygen atoms in total. The number of sulfonamides is 1. The highest BCUT2D eigenvalue weighted by atomic mass is 32.2. The van der Waals surface area contributed by atoms with Crippen molar-refractivity contribution in [3.8, 4) is 0 Å². The third-order valence-electron chi connectivity index (χ3n) is 4.75. The van der Waals surface area contributed by atoms with Gasteiger partial charge in [-0.3, -0.25) is 9.10 Å². The van der Waals surface area contributed by atoms with Gasteiger partial charge >= 0.3 is 0 Å². The number of benzene rings is 2. The fourth-order valence-corrected chi connectivity index (χ4v) is 4.03. The molecule has 0 atom stereocenters. The maximum absolute atomic E-state index is 12.3. The molecule has 0 aliphatic heterocycles.